The summed E-state index contributed by atoms with van der Waals surface area (Å²) in [5.41, 5.74) is 3.81. The van der Waals surface area contributed by atoms with Crippen LogP contribution < -0.4 is 16.2 Å². The second-order valence-electron chi connectivity index (χ2n) is 5.96. The normalized spacial score (nSPS) is 18.9. The highest BCUT2D eigenvalue weighted by molar-refractivity contribution is 5.59. The first-order chi connectivity index (χ1) is 10.2. The number of anilines is 2. The second-order valence-corrected chi connectivity index (χ2v) is 5.96. The average Bonchev–Trinajstić information content (AvgIpc) is 2.50. The van der Waals surface area contributed by atoms with Gasteiger partial charge in [-0.15, -0.1) is 0 Å². The monoisotopic (exact) mass is 291 g/mol. The van der Waals surface area contributed by atoms with E-state index in [-0.39, 0.29) is 0 Å². The number of rotatable bonds is 6. The Morgan fingerprint density at radius 3 is 2.71 bits per heavy atom. The van der Waals surface area contributed by atoms with Gasteiger partial charge in [0.05, 0.1) is 0 Å². The van der Waals surface area contributed by atoms with Crippen LogP contribution in [0.1, 0.15) is 63.8 Å². The van der Waals surface area contributed by atoms with E-state index in [1.807, 2.05) is 0 Å². The zero-order valence-electron chi connectivity index (χ0n) is 13.7. The Balaban J connectivity index is 2.37. The highest BCUT2D eigenvalue weighted by Crippen LogP contribution is 2.30. The molecule has 1 aliphatic heterocycles. The second kappa shape index (κ2) is 7.59. The molecule has 2 heterocycles. The standard InChI is InChI=1S/C16H29N5/c1-4-8-13-10-6-7-11-21(13)16-12(3)15(20-17)18-14(19-16)9-5-2/h13H,4-11,17H2,1-3H3,(H,18,19,20). The molecule has 0 bridgehead atoms. The molecular weight excluding hydrogens is 262 g/mol. The molecule has 1 atom stereocenters. The minimum atomic E-state index is 0.609. The number of aryl methyl sites for hydroxylation is 1. The van der Waals surface area contributed by atoms with Crippen LogP contribution in [0.4, 0.5) is 11.6 Å². The van der Waals surface area contributed by atoms with Gasteiger partial charge in [-0.1, -0.05) is 20.3 Å². The van der Waals surface area contributed by atoms with Crippen molar-refractivity contribution in [3.05, 3.63) is 11.4 Å². The molecule has 0 saturated carbocycles. The van der Waals surface area contributed by atoms with E-state index < -0.39 is 0 Å². The number of hydrogen-bond acceptors (Lipinski definition) is 5. The highest BCUT2D eigenvalue weighted by atomic mass is 15.3. The summed E-state index contributed by atoms with van der Waals surface area (Å²) in [5.74, 6) is 8.39. The lowest BCUT2D eigenvalue weighted by Crippen LogP contribution is -2.40. The first-order valence-electron chi connectivity index (χ1n) is 8.32. The van der Waals surface area contributed by atoms with Crippen LogP contribution in [-0.2, 0) is 6.42 Å². The van der Waals surface area contributed by atoms with Crippen LogP contribution >= 0.6 is 0 Å². The van der Waals surface area contributed by atoms with Crippen molar-refractivity contribution in [3.8, 4) is 0 Å². The van der Waals surface area contributed by atoms with E-state index in [4.69, 9.17) is 10.8 Å². The van der Waals surface area contributed by atoms with Crippen molar-refractivity contribution >= 4 is 11.6 Å². The smallest absolute Gasteiger partial charge is 0.148 e. The zero-order valence-corrected chi connectivity index (χ0v) is 13.7. The number of aromatic nitrogens is 2. The van der Waals surface area contributed by atoms with Crippen molar-refractivity contribution in [3.63, 3.8) is 0 Å². The number of nitrogens with zero attached hydrogens (tertiary/aromatic N) is 3. The number of nitrogens with two attached hydrogens (primary N) is 1. The summed E-state index contributed by atoms with van der Waals surface area (Å²) in [7, 11) is 0. The number of piperidine rings is 1. The maximum atomic E-state index is 5.65. The van der Waals surface area contributed by atoms with Crippen LogP contribution in [-0.4, -0.2) is 22.6 Å². The third-order valence-corrected chi connectivity index (χ3v) is 4.30. The van der Waals surface area contributed by atoms with Crippen LogP contribution in [0.25, 0.3) is 0 Å². The summed E-state index contributed by atoms with van der Waals surface area (Å²) in [6, 6.07) is 0.609. The van der Waals surface area contributed by atoms with E-state index in [9.17, 15) is 0 Å². The topological polar surface area (TPSA) is 67.1 Å². The van der Waals surface area contributed by atoms with Gasteiger partial charge in [0.1, 0.15) is 17.5 Å². The lowest BCUT2D eigenvalue weighted by atomic mass is 9.98. The van der Waals surface area contributed by atoms with Crippen LogP contribution in [0.2, 0.25) is 0 Å². The summed E-state index contributed by atoms with van der Waals surface area (Å²) >= 11 is 0. The van der Waals surface area contributed by atoms with E-state index >= 15 is 0 Å². The minimum Gasteiger partial charge on any atom is -0.353 e. The predicted molar refractivity (Wildman–Crippen MR) is 88.5 cm³/mol. The van der Waals surface area contributed by atoms with Crippen LogP contribution in [0.3, 0.4) is 0 Å². The highest BCUT2D eigenvalue weighted by Gasteiger charge is 2.25. The summed E-state index contributed by atoms with van der Waals surface area (Å²) in [6.45, 7) is 7.57. The van der Waals surface area contributed by atoms with E-state index in [0.717, 1.165) is 42.4 Å². The molecule has 1 aromatic heterocycles. The first kappa shape index (κ1) is 16.0. The van der Waals surface area contributed by atoms with Crippen LogP contribution in [0.5, 0.6) is 0 Å². The molecular formula is C16H29N5. The number of hydrazine groups is 1. The van der Waals surface area contributed by atoms with E-state index in [1.54, 1.807) is 0 Å². The molecule has 5 nitrogen and oxygen atoms in total. The van der Waals surface area contributed by atoms with Crippen molar-refractivity contribution < 1.29 is 0 Å². The van der Waals surface area contributed by atoms with Crippen LogP contribution in [0, 0.1) is 6.92 Å². The largest absolute Gasteiger partial charge is 0.353 e. The Bertz CT molecular complexity index is 458. The fourth-order valence-electron chi connectivity index (χ4n) is 3.22. The average molecular weight is 291 g/mol. The Hall–Kier alpha value is -1.36. The molecule has 0 aliphatic carbocycles. The molecule has 3 N–H and O–H groups in total. The summed E-state index contributed by atoms with van der Waals surface area (Å²) in [4.78, 5) is 11.9. The van der Waals surface area contributed by atoms with Gasteiger partial charge in [0.25, 0.3) is 0 Å². The minimum absolute atomic E-state index is 0.609. The summed E-state index contributed by atoms with van der Waals surface area (Å²) in [5, 5.41) is 0. The van der Waals surface area contributed by atoms with Gasteiger partial charge < -0.3 is 10.3 Å². The molecule has 5 heteroatoms. The van der Waals surface area contributed by atoms with Crippen molar-refractivity contribution in [1.29, 1.82) is 0 Å². The van der Waals surface area contributed by atoms with Gasteiger partial charge in [-0.3, -0.25) is 0 Å². The molecule has 0 spiro atoms. The maximum absolute atomic E-state index is 5.65. The third-order valence-electron chi connectivity index (χ3n) is 4.30. The SMILES string of the molecule is CCCc1nc(NN)c(C)c(N2CCCCC2CCC)n1. The van der Waals surface area contributed by atoms with E-state index in [0.29, 0.717) is 6.04 Å². The van der Waals surface area contributed by atoms with Crippen molar-refractivity contribution in [1.82, 2.24) is 9.97 Å². The molecule has 0 amide bonds. The number of hydrogen-bond donors (Lipinski definition) is 2. The Kier molecular flexibility index (Phi) is 5.79. The summed E-state index contributed by atoms with van der Waals surface area (Å²) < 4.78 is 0. The summed E-state index contributed by atoms with van der Waals surface area (Å²) in [6.07, 6.45) is 8.24. The molecule has 1 aromatic rings. The van der Waals surface area contributed by atoms with Gasteiger partial charge >= 0.3 is 0 Å². The molecule has 2 rings (SSSR count). The third kappa shape index (κ3) is 3.64. The lowest BCUT2D eigenvalue weighted by molar-refractivity contribution is 0.430. The van der Waals surface area contributed by atoms with Gasteiger partial charge in [-0.05, 0) is 39.0 Å². The zero-order chi connectivity index (χ0) is 15.2. The van der Waals surface area contributed by atoms with Gasteiger partial charge in [-0.2, -0.15) is 0 Å². The van der Waals surface area contributed by atoms with E-state index in [1.165, 1.54) is 32.1 Å². The Morgan fingerprint density at radius 1 is 1.24 bits per heavy atom. The maximum Gasteiger partial charge on any atom is 0.148 e. The molecule has 118 valence electrons. The predicted octanol–water partition coefficient (Wildman–Crippen LogP) is 3.18. The molecule has 0 aromatic carbocycles. The number of nitrogens with one attached hydrogen (secondary N) is 1. The quantitative estimate of drug-likeness (QED) is 0.622. The van der Waals surface area contributed by atoms with Gasteiger partial charge in [0.15, 0.2) is 0 Å². The fraction of sp³-hybridized carbons (Fsp3) is 0.750. The first-order valence-corrected chi connectivity index (χ1v) is 8.32. The Labute approximate surface area is 128 Å². The van der Waals surface area contributed by atoms with Crippen molar-refractivity contribution in [2.24, 2.45) is 5.84 Å². The van der Waals surface area contributed by atoms with E-state index in [2.05, 4.69) is 36.1 Å². The molecule has 1 unspecified atom stereocenters. The van der Waals surface area contributed by atoms with Gasteiger partial charge in [-0.25, -0.2) is 15.8 Å². The lowest BCUT2D eigenvalue weighted by Gasteiger charge is -2.37. The molecule has 1 fully saturated rings. The van der Waals surface area contributed by atoms with Crippen LogP contribution in [0.15, 0.2) is 0 Å². The molecule has 1 saturated heterocycles. The van der Waals surface area contributed by atoms with Gasteiger partial charge in [0, 0.05) is 24.6 Å². The van der Waals surface area contributed by atoms with Crippen molar-refractivity contribution in [2.75, 3.05) is 16.9 Å². The molecule has 1 aliphatic rings. The van der Waals surface area contributed by atoms with Gasteiger partial charge in [0.2, 0.25) is 0 Å². The number of nitrogen functional groups attached to an aromatic ring is 1. The molecule has 0 radical (unpaired) electrons. The fourth-order valence-corrected chi connectivity index (χ4v) is 3.22. The van der Waals surface area contributed by atoms with Crippen molar-refractivity contribution in [2.45, 2.75) is 71.8 Å². The molecule has 21 heavy (non-hydrogen) atoms. The Morgan fingerprint density at radius 2 is 2.05 bits per heavy atom.